The number of benzene rings is 1. The normalized spacial score (nSPS) is 14.5. The fourth-order valence-electron chi connectivity index (χ4n) is 2.46. The minimum Gasteiger partial charge on any atom is -0.478 e. The first-order valence-electron chi connectivity index (χ1n) is 6.61. The molecule has 5 nitrogen and oxygen atoms in total. The third kappa shape index (κ3) is 2.47. The highest BCUT2D eigenvalue weighted by molar-refractivity contribution is 5.86. The maximum atomic E-state index is 10.8. The van der Waals surface area contributed by atoms with Crippen molar-refractivity contribution in [3.05, 3.63) is 53.3 Å². The van der Waals surface area contributed by atoms with Gasteiger partial charge in [-0.25, -0.2) is 14.8 Å². The topological polar surface area (TPSA) is 66.3 Å². The molecule has 2 aromatic rings. The van der Waals surface area contributed by atoms with Gasteiger partial charge < -0.3 is 10.0 Å². The Balaban J connectivity index is 1.78. The standard InChI is InChI=1S/C15H15N3O2/c19-14(20)13-9-16-15(17-10-13)18-7-5-11-3-1-2-4-12(11)6-8-18/h1-4,9-10H,5-8H2,(H,19,20). The SMILES string of the molecule is O=C(O)c1cnc(N2CCc3ccccc3CC2)nc1. The van der Waals surface area contributed by atoms with Gasteiger partial charge in [0.15, 0.2) is 0 Å². The van der Waals surface area contributed by atoms with Gasteiger partial charge in [-0.1, -0.05) is 24.3 Å². The minimum absolute atomic E-state index is 0.117. The summed E-state index contributed by atoms with van der Waals surface area (Å²) in [6, 6.07) is 8.44. The van der Waals surface area contributed by atoms with E-state index in [0.717, 1.165) is 25.9 Å². The lowest BCUT2D eigenvalue weighted by Crippen LogP contribution is -2.28. The van der Waals surface area contributed by atoms with Crippen molar-refractivity contribution < 1.29 is 9.90 Å². The first-order valence-corrected chi connectivity index (χ1v) is 6.61. The van der Waals surface area contributed by atoms with Crippen LogP contribution in [0.4, 0.5) is 5.95 Å². The summed E-state index contributed by atoms with van der Waals surface area (Å²) in [4.78, 5) is 21.2. The summed E-state index contributed by atoms with van der Waals surface area (Å²) in [5.74, 6) is -0.400. The smallest absolute Gasteiger partial charge is 0.338 e. The van der Waals surface area contributed by atoms with Crippen LogP contribution >= 0.6 is 0 Å². The number of aromatic nitrogens is 2. The number of hydrogen-bond acceptors (Lipinski definition) is 4. The Morgan fingerprint density at radius 2 is 1.60 bits per heavy atom. The lowest BCUT2D eigenvalue weighted by molar-refractivity contribution is 0.0696. The van der Waals surface area contributed by atoms with Crippen LogP contribution in [-0.4, -0.2) is 34.1 Å². The van der Waals surface area contributed by atoms with Gasteiger partial charge in [0.05, 0.1) is 5.56 Å². The number of rotatable bonds is 2. The predicted octanol–water partition coefficient (Wildman–Crippen LogP) is 1.78. The Morgan fingerprint density at radius 1 is 1.05 bits per heavy atom. The van der Waals surface area contributed by atoms with E-state index < -0.39 is 5.97 Å². The molecular formula is C15H15N3O2. The highest BCUT2D eigenvalue weighted by Crippen LogP contribution is 2.18. The van der Waals surface area contributed by atoms with Crippen LogP contribution in [0.15, 0.2) is 36.7 Å². The summed E-state index contributed by atoms with van der Waals surface area (Å²) in [5, 5.41) is 8.86. The van der Waals surface area contributed by atoms with Crippen molar-refractivity contribution in [3.8, 4) is 0 Å². The number of aromatic carboxylic acids is 1. The molecule has 5 heteroatoms. The van der Waals surface area contributed by atoms with Crippen molar-refractivity contribution in [1.82, 2.24) is 9.97 Å². The fourth-order valence-corrected chi connectivity index (χ4v) is 2.46. The molecule has 1 aromatic heterocycles. The van der Waals surface area contributed by atoms with Crippen LogP contribution in [0, 0.1) is 0 Å². The average molecular weight is 269 g/mol. The molecule has 0 saturated heterocycles. The molecule has 0 unspecified atom stereocenters. The summed E-state index contributed by atoms with van der Waals surface area (Å²) in [5.41, 5.74) is 2.86. The van der Waals surface area contributed by atoms with Gasteiger partial charge in [0.1, 0.15) is 0 Å². The number of carboxylic acids is 1. The zero-order chi connectivity index (χ0) is 13.9. The highest BCUT2D eigenvalue weighted by atomic mass is 16.4. The molecule has 2 heterocycles. The lowest BCUT2D eigenvalue weighted by Gasteiger charge is -2.19. The number of hydrogen-bond donors (Lipinski definition) is 1. The summed E-state index contributed by atoms with van der Waals surface area (Å²) >= 11 is 0. The Morgan fingerprint density at radius 3 is 2.10 bits per heavy atom. The number of carboxylic acid groups (broad SMARTS) is 1. The Bertz CT molecular complexity index is 598. The van der Waals surface area contributed by atoms with E-state index in [0.29, 0.717) is 5.95 Å². The van der Waals surface area contributed by atoms with E-state index >= 15 is 0 Å². The molecule has 0 saturated carbocycles. The van der Waals surface area contributed by atoms with Gasteiger partial charge in [-0.2, -0.15) is 0 Å². The van der Waals surface area contributed by atoms with Gasteiger partial charge in [0.25, 0.3) is 0 Å². The molecule has 1 aromatic carbocycles. The van der Waals surface area contributed by atoms with Crippen molar-refractivity contribution in [2.24, 2.45) is 0 Å². The fraction of sp³-hybridized carbons (Fsp3) is 0.267. The third-order valence-electron chi connectivity index (χ3n) is 3.59. The molecule has 102 valence electrons. The molecule has 1 aliphatic rings. The summed E-state index contributed by atoms with van der Waals surface area (Å²) in [7, 11) is 0. The van der Waals surface area contributed by atoms with Crippen LogP contribution in [0.1, 0.15) is 21.5 Å². The molecule has 20 heavy (non-hydrogen) atoms. The molecule has 0 bridgehead atoms. The van der Waals surface area contributed by atoms with E-state index in [1.807, 2.05) is 0 Å². The first kappa shape index (κ1) is 12.6. The van der Waals surface area contributed by atoms with Crippen LogP contribution in [-0.2, 0) is 12.8 Å². The molecule has 3 rings (SSSR count). The van der Waals surface area contributed by atoms with E-state index in [2.05, 4.69) is 39.1 Å². The molecule has 0 amide bonds. The number of fused-ring (bicyclic) bond motifs is 1. The lowest BCUT2D eigenvalue weighted by atomic mass is 10.0. The Kier molecular flexibility index (Phi) is 3.33. The second-order valence-electron chi connectivity index (χ2n) is 4.83. The Labute approximate surface area is 116 Å². The van der Waals surface area contributed by atoms with E-state index in [-0.39, 0.29) is 5.56 Å². The molecule has 1 N–H and O–H groups in total. The summed E-state index contributed by atoms with van der Waals surface area (Å²) in [6.07, 6.45) is 4.64. The summed E-state index contributed by atoms with van der Waals surface area (Å²) < 4.78 is 0. The second kappa shape index (κ2) is 5.28. The molecule has 0 spiro atoms. The van der Waals surface area contributed by atoms with E-state index in [1.54, 1.807) is 0 Å². The van der Waals surface area contributed by atoms with Crippen molar-refractivity contribution in [2.45, 2.75) is 12.8 Å². The van der Waals surface area contributed by atoms with E-state index in [9.17, 15) is 4.79 Å². The molecule has 0 radical (unpaired) electrons. The molecular weight excluding hydrogens is 254 g/mol. The number of nitrogens with zero attached hydrogens (tertiary/aromatic N) is 3. The van der Waals surface area contributed by atoms with Crippen molar-refractivity contribution >= 4 is 11.9 Å². The van der Waals surface area contributed by atoms with Gasteiger partial charge in [-0.15, -0.1) is 0 Å². The van der Waals surface area contributed by atoms with Crippen molar-refractivity contribution in [1.29, 1.82) is 0 Å². The number of anilines is 1. The van der Waals surface area contributed by atoms with Gasteiger partial charge in [0, 0.05) is 25.5 Å². The van der Waals surface area contributed by atoms with Crippen molar-refractivity contribution in [3.63, 3.8) is 0 Å². The zero-order valence-electron chi connectivity index (χ0n) is 11.0. The van der Waals surface area contributed by atoms with E-state index in [4.69, 9.17) is 5.11 Å². The Hall–Kier alpha value is -2.43. The van der Waals surface area contributed by atoms with Gasteiger partial charge >= 0.3 is 5.97 Å². The van der Waals surface area contributed by atoms with Gasteiger partial charge in [-0.3, -0.25) is 0 Å². The largest absolute Gasteiger partial charge is 0.478 e. The van der Waals surface area contributed by atoms with Crippen LogP contribution in [0.5, 0.6) is 0 Å². The zero-order valence-corrected chi connectivity index (χ0v) is 11.0. The number of carbonyl (C=O) groups is 1. The maximum Gasteiger partial charge on any atom is 0.338 e. The van der Waals surface area contributed by atoms with E-state index in [1.165, 1.54) is 23.5 Å². The van der Waals surface area contributed by atoms with Gasteiger partial charge in [-0.05, 0) is 24.0 Å². The highest BCUT2D eigenvalue weighted by Gasteiger charge is 2.16. The van der Waals surface area contributed by atoms with Crippen LogP contribution < -0.4 is 4.90 Å². The monoisotopic (exact) mass is 269 g/mol. The first-order chi connectivity index (χ1) is 9.74. The molecule has 0 fully saturated rings. The minimum atomic E-state index is -1.00. The maximum absolute atomic E-state index is 10.8. The van der Waals surface area contributed by atoms with Gasteiger partial charge in [0.2, 0.25) is 5.95 Å². The predicted molar refractivity (Wildman–Crippen MR) is 75.1 cm³/mol. The third-order valence-corrected chi connectivity index (χ3v) is 3.59. The van der Waals surface area contributed by atoms with Crippen LogP contribution in [0.25, 0.3) is 0 Å². The van der Waals surface area contributed by atoms with Crippen molar-refractivity contribution in [2.75, 3.05) is 18.0 Å². The van der Waals surface area contributed by atoms with Crippen LogP contribution in [0.3, 0.4) is 0 Å². The quantitative estimate of drug-likeness (QED) is 0.900. The molecule has 0 atom stereocenters. The molecule has 1 aliphatic heterocycles. The van der Waals surface area contributed by atoms with Crippen LogP contribution in [0.2, 0.25) is 0 Å². The molecule has 0 aliphatic carbocycles. The average Bonchev–Trinajstić information content (AvgIpc) is 2.70. The summed E-state index contributed by atoms with van der Waals surface area (Å²) in [6.45, 7) is 1.70. The second-order valence-corrected chi connectivity index (χ2v) is 4.83.